The number of sulfonamides is 1. The van der Waals surface area contributed by atoms with Gasteiger partial charge in [-0.15, -0.1) is 0 Å². The van der Waals surface area contributed by atoms with E-state index in [0.29, 0.717) is 5.69 Å². The van der Waals surface area contributed by atoms with Crippen LogP contribution in [-0.4, -0.2) is 43.8 Å². The first-order chi connectivity index (χ1) is 21.8. The lowest BCUT2D eigenvalue weighted by atomic mass is 9.94. The molecule has 0 aliphatic heterocycles. The van der Waals surface area contributed by atoms with Gasteiger partial charge in [-0.1, -0.05) is 104 Å². The van der Waals surface area contributed by atoms with Gasteiger partial charge in [-0.25, -0.2) is 12.8 Å². The fraction of sp³-hybridized carbons (Fsp3) is 0.278. The van der Waals surface area contributed by atoms with Gasteiger partial charge in [0.2, 0.25) is 11.8 Å². The molecule has 234 valence electrons. The highest BCUT2D eigenvalue weighted by Gasteiger charge is 2.35. The second-order valence-electron chi connectivity index (χ2n) is 11.3. The molecule has 1 N–H and O–H groups in total. The number of hydrogen-bond donors (Lipinski definition) is 1. The van der Waals surface area contributed by atoms with Gasteiger partial charge >= 0.3 is 0 Å². The Morgan fingerprint density at radius 3 is 2.00 bits per heavy atom. The Kier molecular flexibility index (Phi) is 10.6. The number of hydrogen-bond acceptors (Lipinski definition) is 4. The zero-order valence-electron chi connectivity index (χ0n) is 25.1. The third-order valence-electron chi connectivity index (χ3n) is 8.18. The minimum Gasteiger partial charge on any atom is -0.352 e. The first-order valence-corrected chi connectivity index (χ1v) is 16.8. The van der Waals surface area contributed by atoms with Crippen LogP contribution in [0.1, 0.15) is 43.2 Å². The van der Waals surface area contributed by atoms with Crippen molar-refractivity contribution in [3.63, 3.8) is 0 Å². The number of halogens is 1. The number of rotatable bonds is 12. The number of amides is 2. The van der Waals surface area contributed by atoms with E-state index in [-0.39, 0.29) is 35.4 Å². The third-order valence-corrected chi connectivity index (χ3v) is 9.96. The number of anilines is 1. The Balaban J connectivity index is 1.55. The van der Waals surface area contributed by atoms with Crippen LogP contribution in [-0.2, 0) is 32.6 Å². The quantitative estimate of drug-likeness (QED) is 0.205. The average Bonchev–Trinajstić information content (AvgIpc) is 3.07. The molecule has 45 heavy (non-hydrogen) atoms. The van der Waals surface area contributed by atoms with Crippen LogP contribution < -0.4 is 9.62 Å². The zero-order chi connectivity index (χ0) is 31.6. The van der Waals surface area contributed by atoms with E-state index in [1.54, 1.807) is 66.7 Å². The highest BCUT2D eigenvalue weighted by molar-refractivity contribution is 7.92. The Hall–Kier alpha value is -4.50. The number of carbonyl (C=O) groups excluding carboxylic acids is 2. The molecular formula is C36H38FN3O4S. The molecule has 4 aromatic carbocycles. The lowest BCUT2D eigenvalue weighted by Gasteiger charge is -2.35. The average molecular weight is 628 g/mol. The molecule has 1 saturated carbocycles. The van der Waals surface area contributed by atoms with Gasteiger partial charge in [-0.3, -0.25) is 13.9 Å². The number of nitrogens with zero attached hydrogens (tertiary/aromatic N) is 2. The highest BCUT2D eigenvalue weighted by Crippen LogP contribution is 2.25. The van der Waals surface area contributed by atoms with Gasteiger partial charge in [0.05, 0.1) is 10.6 Å². The van der Waals surface area contributed by atoms with Crippen molar-refractivity contribution in [1.29, 1.82) is 0 Å². The summed E-state index contributed by atoms with van der Waals surface area (Å²) in [5.74, 6) is -1.48. The summed E-state index contributed by atoms with van der Waals surface area (Å²) < 4.78 is 44.1. The number of nitrogens with one attached hydrogen (secondary N) is 1. The third kappa shape index (κ3) is 8.16. The van der Waals surface area contributed by atoms with Crippen LogP contribution in [0.3, 0.4) is 0 Å². The van der Waals surface area contributed by atoms with Crippen LogP contribution in [0.25, 0.3) is 0 Å². The van der Waals surface area contributed by atoms with Gasteiger partial charge in [0.15, 0.2) is 0 Å². The maximum atomic E-state index is 15.1. The van der Waals surface area contributed by atoms with E-state index < -0.39 is 34.3 Å². The second kappa shape index (κ2) is 15.0. The van der Waals surface area contributed by atoms with E-state index >= 15 is 4.39 Å². The summed E-state index contributed by atoms with van der Waals surface area (Å²) >= 11 is 0. The maximum absolute atomic E-state index is 15.1. The fourth-order valence-electron chi connectivity index (χ4n) is 5.75. The molecule has 1 fully saturated rings. The van der Waals surface area contributed by atoms with Crippen LogP contribution in [0.4, 0.5) is 10.1 Å². The zero-order valence-corrected chi connectivity index (χ0v) is 25.9. The van der Waals surface area contributed by atoms with E-state index in [1.807, 2.05) is 30.3 Å². The van der Waals surface area contributed by atoms with Gasteiger partial charge in [0.1, 0.15) is 18.4 Å². The van der Waals surface area contributed by atoms with E-state index in [1.165, 1.54) is 23.1 Å². The molecular weight excluding hydrogens is 589 g/mol. The fourth-order valence-corrected chi connectivity index (χ4v) is 7.19. The van der Waals surface area contributed by atoms with E-state index in [9.17, 15) is 18.0 Å². The summed E-state index contributed by atoms with van der Waals surface area (Å²) in [7, 11) is -4.18. The van der Waals surface area contributed by atoms with Gasteiger partial charge in [0.25, 0.3) is 10.0 Å². The first kappa shape index (κ1) is 31.9. The van der Waals surface area contributed by atoms with Crippen molar-refractivity contribution in [1.82, 2.24) is 10.2 Å². The van der Waals surface area contributed by atoms with Crippen molar-refractivity contribution in [2.75, 3.05) is 10.8 Å². The predicted molar refractivity (Wildman–Crippen MR) is 173 cm³/mol. The van der Waals surface area contributed by atoms with Gasteiger partial charge in [-0.2, -0.15) is 0 Å². The Morgan fingerprint density at radius 2 is 1.36 bits per heavy atom. The Bertz CT molecular complexity index is 1660. The van der Waals surface area contributed by atoms with Crippen molar-refractivity contribution in [2.45, 2.75) is 62.0 Å². The van der Waals surface area contributed by atoms with E-state index in [0.717, 1.165) is 42.0 Å². The van der Waals surface area contributed by atoms with Gasteiger partial charge in [0, 0.05) is 24.6 Å². The molecule has 5 rings (SSSR count). The molecule has 0 unspecified atom stereocenters. The standard InChI is InChI=1S/C36H38FN3O4S/c37-33-24-14-13-17-29(33)26-39(34(25-28-15-5-1-6-16-28)36(42)38-30-18-7-2-8-19-30)35(41)27-40(31-20-9-3-10-21-31)45(43,44)32-22-11-4-12-23-32/h1,3-6,9-17,20-24,30,34H,2,7-8,18-19,25-27H2,(H,38,42)/t34-/m0/s1. The second-order valence-corrected chi connectivity index (χ2v) is 13.2. The number of carbonyl (C=O) groups is 2. The molecule has 0 saturated heterocycles. The molecule has 1 atom stereocenters. The van der Waals surface area contributed by atoms with Crippen molar-refractivity contribution in [3.05, 3.63) is 132 Å². The van der Waals surface area contributed by atoms with Crippen molar-refractivity contribution < 1.29 is 22.4 Å². The Labute approximate surface area is 264 Å². The normalized spacial score (nSPS) is 14.3. The summed E-state index contributed by atoms with van der Waals surface area (Å²) in [6.07, 6.45) is 5.01. The van der Waals surface area contributed by atoms with Crippen LogP contribution in [0.5, 0.6) is 0 Å². The molecule has 4 aromatic rings. The van der Waals surface area contributed by atoms with Crippen molar-refractivity contribution in [2.24, 2.45) is 0 Å². The molecule has 2 amide bonds. The van der Waals surface area contributed by atoms with Crippen molar-refractivity contribution >= 4 is 27.5 Å². The van der Waals surface area contributed by atoms with Crippen molar-refractivity contribution in [3.8, 4) is 0 Å². The van der Waals surface area contributed by atoms with Crippen LogP contribution in [0, 0.1) is 5.82 Å². The number of benzene rings is 4. The lowest BCUT2D eigenvalue weighted by molar-refractivity contribution is -0.140. The summed E-state index contributed by atoms with van der Waals surface area (Å²) in [6, 6.07) is 30.7. The predicted octanol–water partition coefficient (Wildman–Crippen LogP) is 6.11. The summed E-state index contributed by atoms with van der Waals surface area (Å²) in [4.78, 5) is 29.9. The minimum atomic E-state index is -4.18. The molecule has 0 aromatic heterocycles. The van der Waals surface area contributed by atoms with Crippen LogP contribution in [0.2, 0.25) is 0 Å². The van der Waals surface area contributed by atoms with Gasteiger partial charge in [-0.05, 0) is 48.7 Å². The molecule has 7 nitrogen and oxygen atoms in total. The van der Waals surface area contributed by atoms with E-state index in [2.05, 4.69) is 5.32 Å². The van der Waals surface area contributed by atoms with Gasteiger partial charge < -0.3 is 10.2 Å². The van der Waals surface area contributed by atoms with Crippen LogP contribution >= 0.6 is 0 Å². The summed E-state index contributed by atoms with van der Waals surface area (Å²) in [5.41, 5.74) is 1.35. The first-order valence-electron chi connectivity index (χ1n) is 15.3. The molecule has 0 bridgehead atoms. The highest BCUT2D eigenvalue weighted by atomic mass is 32.2. The molecule has 0 radical (unpaired) electrons. The topological polar surface area (TPSA) is 86.8 Å². The molecule has 1 aliphatic carbocycles. The Morgan fingerprint density at radius 1 is 0.778 bits per heavy atom. The molecule has 9 heteroatoms. The smallest absolute Gasteiger partial charge is 0.264 e. The largest absolute Gasteiger partial charge is 0.352 e. The molecule has 0 spiro atoms. The number of para-hydroxylation sites is 1. The monoisotopic (exact) mass is 627 g/mol. The van der Waals surface area contributed by atoms with E-state index in [4.69, 9.17) is 0 Å². The lowest BCUT2D eigenvalue weighted by Crippen LogP contribution is -2.55. The SMILES string of the molecule is O=C(NC1CCCCC1)[C@H](Cc1ccccc1)N(Cc1ccccc1F)C(=O)CN(c1ccccc1)S(=O)(=O)c1ccccc1. The molecule has 1 aliphatic rings. The summed E-state index contributed by atoms with van der Waals surface area (Å²) in [6.45, 7) is -0.799. The summed E-state index contributed by atoms with van der Waals surface area (Å²) in [5, 5.41) is 3.16. The minimum absolute atomic E-state index is 0.0192. The maximum Gasteiger partial charge on any atom is 0.264 e. The molecule has 0 heterocycles. The van der Waals surface area contributed by atoms with Crippen LogP contribution in [0.15, 0.2) is 120 Å².